The summed E-state index contributed by atoms with van der Waals surface area (Å²) in [6, 6.07) is 17.9. The second-order valence-electron chi connectivity index (χ2n) is 8.31. The summed E-state index contributed by atoms with van der Waals surface area (Å²) in [6.45, 7) is 6.57. The molecule has 2 aromatic carbocycles. The molecule has 0 bridgehead atoms. The number of aryl methyl sites for hydroxylation is 2. The maximum atomic E-state index is 12.4. The molecule has 3 aromatic rings. The Bertz CT molecular complexity index is 1200. The molecule has 33 heavy (non-hydrogen) atoms. The molecule has 170 valence electrons. The van der Waals surface area contributed by atoms with Gasteiger partial charge in [-0.1, -0.05) is 41.4 Å². The van der Waals surface area contributed by atoms with Gasteiger partial charge in [-0.3, -0.25) is 0 Å². The quantitative estimate of drug-likeness (QED) is 0.349. The predicted molar refractivity (Wildman–Crippen MR) is 133 cm³/mol. The standard InChI is InChI=1S/C28H28ClNO3/c1-4-32-28(31)27-19(3)9-14-25(30-27)23-7-5-6-22(23)24-16-18(2)8-15-26(24)33-17-20-10-12-21(29)13-11-20/h8-16H,4-7,17H2,1-3H3. The topological polar surface area (TPSA) is 48.4 Å². The molecular formula is C28H28ClNO3. The van der Waals surface area contributed by atoms with E-state index in [1.807, 2.05) is 49.4 Å². The van der Waals surface area contributed by atoms with Crippen molar-refractivity contribution in [2.75, 3.05) is 6.61 Å². The molecule has 1 heterocycles. The number of hydrogen-bond acceptors (Lipinski definition) is 4. The van der Waals surface area contributed by atoms with Crippen molar-refractivity contribution in [1.82, 2.24) is 4.98 Å². The first kappa shape index (κ1) is 23.1. The normalized spacial score (nSPS) is 13.3. The van der Waals surface area contributed by atoms with Crippen molar-refractivity contribution >= 4 is 28.7 Å². The smallest absolute Gasteiger partial charge is 0.357 e. The number of benzene rings is 2. The number of nitrogens with zero attached hydrogens (tertiary/aromatic N) is 1. The summed E-state index contributed by atoms with van der Waals surface area (Å²) in [5.41, 5.74) is 7.77. The zero-order chi connectivity index (χ0) is 23.4. The molecule has 1 aromatic heterocycles. The van der Waals surface area contributed by atoms with E-state index in [1.165, 1.54) is 16.7 Å². The van der Waals surface area contributed by atoms with Gasteiger partial charge in [0, 0.05) is 10.6 Å². The number of pyridine rings is 1. The zero-order valence-electron chi connectivity index (χ0n) is 19.3. The van der Waals surface area contributed by atoms with Gasteiger partial charge in [0.2, 0.25) is 0 Å². The van der Waals surface area contributed by atoms with Crippen LogP contribution < -0.4 is 4.74 Å². The Balaban J connectivity index is 1.70. The van der Waals surface area contributed by atoms with Crippen molar-refractivity contribution in [3.8, 4) is 5.75 Å². The van der Waals surface area contributed by atoms with E-state index in [2.05, 4.69) is 19.1 Å². The van der Waals surface area contributed by atoms with Gasteiger partial charge in [0.25, 0.3) is 0 Å². The van der Waals surface area contributed by atoms with E-state index in [9.17, 15) is 4.79 Å². The molecule has 0 saturated carbocycles. The van der Waals surface area contributed by atoms with Gasteiger partial charge >= 0.3 is 5.97 Å². The lowest BCUT2D eigenvalue weighted by molar-refractivity contribution is 0.0518. The van der Waals surface area contributed by atoms with E-state index in [-0.39, 0.29) is 5.97 Å². The van der Waals surface area contributed by atoms with E-state index in [1.54, 1.807) is 6.92 Å². The molecule has 0 amide bonds. The summed E-state index contributed by atoms with van der Waals surface area (Å²) in [6.07, 6.45) is 2.90. The first-order chi connectivity index (χ1) is 16.0. The summed E-state index contributed by atoms with van der Waals surface area (Å²) in [4.78, 5) is 17.1. The van der Waals surface area contributed by atoms with Gasteiger partial charge in [-0.25, -0.2) is 9.78 Å². The fraction of sp³-hybridized carbons (Fsp3) is 0.286. The van der Waals surface area contributed by atoms with E-state index in [4.69, 9.17) is 26.1 Å². The number of hydrogen-bond donors (Lipinski definition) is 0. The van der Waals surface area contributed by atoms with Crippen LogP contribution in [0.2, 0.25) is 5.02 Å². The number of allylic oxidation sites excluding steroid dienone is 2. The van der Waals surface area contributed by atoms with Crippen LogP contribution in [0.3, 0.4) is 0 Å². The van der Waals surface area contributed by atoms with Crippen LogP contribution >= 0.6 is 11.6 Å². The molecule has 5 heteroatoms. The van der Waals surface area contributed by atoms with E-state index in [0.29, 0.717) is 23.9 Å². The Labute approximate surface area is 200 Å². The van der Waals surface area contributed by atoms with Gasteiger partial charge in [0.15, 0.2) is 5.69 Å². The number of aromatic nitrogens is 1. The molecule has 0 aliphatic heterocycles. The van der Waals surface area contributed by atoms with Gasteiger partial charge in [-0.05, 0) is 92.6 Å². The first-order valence-electron chi connectivity index (χ1n) is 11.3. The molecule has 4 nitrogen and oxygen atoms in total. The second kappa shape index (κ2) is 10.2. The van der Waals surface area contributed by atoms with E-state index < -0.39 is 0 Å². The molecule has 0 spiro atoms. The highest BCUT2D eigenvalue weighted by atomic mass is 35.5. The first-order valence-corrected chi connectivity index (χ1v) is 11.7. The Morgan fingerprint density at radius 3 is 2.52 bits per heavy atom. The third-order valence-corrected chi connectivity index (χ3v) is 6.11. The molecule has 1 aliphatic carbocycles. The van der Waals surface area contributed by atoms with Crippen molar-refractivity contribution in [3.63, 3.8) is 0 Å². The maximum absolute atomic E-state index is 12.4. The van der Waals surface area contributed by atoms with Gasteiger partial charge in [0.05, 0.1) is 12.3 Å². The maximum Gasteiger partial charge on any atom is 0.357 e. The van der Waals surface area contributed by atoms with Crippen molar-refractivity contribution in [3.05, 3.63) is 93.3 Å². The van der Waals surface area contributed by atoms with Crippen molar-refractivity contribution < 1.29 is 14.3 Å². The van der Waals surface area contributed by atoms with Crippen LogP contribution in [0.25, 0.3) is 11.1 Å². The Hall–Kier alpha value is -3.11. The Morgan fingerprint density at radius 2 is 1.76 bits per heavy atom. The molecule has 4 rings (SSSR count). The van der Waals surface area contributed by atoms with Crippen molar-refractivity contribution in [2.45, 2.75) is 46.6 Å². The lowest BCUT2D eigenvalue weighted by Gasteiger charge is -2.16. The highest BCUT2D eigenvalue weighted by Crippen LogP contribution is 2.43. The minimum atomic E-state index is -0.375. The summed E-state index contributed by atoms with van der Waals surface area (Å²) in [7, 11) is 0. The van der Waals surface area contributed by atoms with Crippen LogP contribution in [0, 0.1) is 13.8 Å². The SMILES string of the molecule is CCOC(=O)c1nc(C2=C(c3cc(C)ccc3OCc3ccc(Cl)cc3)CCC2)ccc1C. The third kappa shape index (κ3) is 5.28. The van der Waals surface area contributed by atoms with E-state index >= 15 is 0 Å². The lowest BCUT2D eigenvalue weighted by Crippen LogP contribution is -2.10. The molecule has 0 saturated heterocycles. The molecule has 0 unspecified atom stereocenters. The molecule has 0 N–H and O–H groups in total. The Kier molecular flexibility index (Phi) is 7.14. The number of ether oxygens (including phenoxy) is 2. The van der Waals surface area contributed by atoms with Gasteiger partial charge in [-0.15, -0.1) is 0 Å². The van der Waals surface area contributed by atoms with Crippen molar-refractivity contribution in [1.29, 1.82) is 0 Å². The second-order valence-corrected chi connectivity index (χ2v) is 8.74. The fourth-order valence-corrected chi connectivity index (χ4v) is 4.30. The molecule has 0 atom stereocenters. The largest absolute Gasteiger partial charge is 0.488 e. The molecule has 1 aliphatic rings. The van der Waals surface area contributed by atoms with E-state index in [0.717, 1.165) is 47.4 Å². The van der Waals surface area contributed by atoms with Crippen molar-refractivity contribution in [2.24, 2.45) is 0 Å². The van der Waals surface area contributed by atoms with Crippen LogP contribution in [0.1, 0.15) is 64.6 Å². The molecular weight excluding hydrogens is 434 g/mol. The number of rotatable bonds is 7. The summed E-state index contributed by atoms with van der Waals surface area (Å²) in [5, 5.41) is 0.711. The van der Waals surface area contributed by atoms with Gasteiger partial charge in [0.1, 0.15) is 12.4 Å². The summed E-state index contributed by atoms with van der Waals surface area (Å²) in [5.74, 6) is 0.474. The van der Waals surface area contributed by atoms with Crippen LogP contribution in [0.15, 0.2) is 54.6 Å². The minimum absolute atomic E-state index is 0.329. The van der Waals surface area contributed by atoms with Crippen LogP contribution in [-0.4, -0.2) is 17.6 Å². The van der Waals surface area contributed by atoms with Crippen LogP contribution in [-0.2, 0) is 11.3 Å². The van der Waals surface area contributed by atoms with Gasteiger partial charge in [-0.2, -0.15) is 0 Å². The highest BCUT2D eigenvalue weighted by Gasteiger charge is 2.23. The van der Waals surface area contributed by atoms with Gasteiger partial charge < -0.3 is 9.47 Å². The number of carbonyl (C=O) groups excluding carboxylic acids is 1. The van der Waals surface area contributed by atoms with Crippen LogP contribution in [0.4, 0.5) is 0 Å². The lowest BCUT2D eigenvalue weighted by atomic mass is 9.97. The minimum Gasteiger partial charge on any atom is -0.488 e. The monoisotopic (exact) mass is 461 g/mol. The number of esters is 1. The molecule has 0 fully saturated rings. The number of carbonyl (C=O) groups is 1. The third-order valence-electron chi connectivity index (χ3n) is 5.86. The Morgan fingerprint density at radius 1 is 1.00 bits per heavy atom. The highest BCUT2D eigenvalue weighted by molar-refractivity contribution is 6.30. The summed E-state index contributed by atoms with van der Waals surface area (Å²) < 4.78 is 11.5. The zero-order valence-corrected chi connectivity index (χ0v) is 20.0. The average Bonchev–Trinajstić information content (AvgIpc) is 3.29. The summed E-state index contributed by atoms with van der Waals surface area (Å²) >= 11 is 6.01. The van der Waals surface area contributed by atoms with Crippen LogP contribution in [0.5, 0.6) is 5.75 Å². The fourth-order valence-electron chi connectivity index (χ4n) is 4.17. The average molecular weight is 462 g/mol. The molecule has 0 radical (unpaired) electrons. The predicted octanol–water partition coefficient (Wildman–Crippen LogP) is 7.20. The number of halogens is 1.